The van der Waals surface area contributed by atoms with E-state index in [-0.39, 0.29) is 11.3 Å². The summed E-state index contributed by atoms with van der Waals surface area (Å²) in [6.45, 7) is 1.47. The highest BCUT2D eigenvalue weighted by Crippen LogP contribution is 2.24. The van der Waals surface area contributed by atoms with Gasteiger partial charge in [-0.25, -0.2) is 4.79 Å². The van der Waals surface area contributed by atoms with E-state index < -0.39 is 18.5 Å². The summed E-state index contributed by atoms with van der Waals surface area (Å²) < 4.78 is 10.7. The average Bonchev–Trinajstić information content (AvgIpc) is 2.56. The van der Waals surface area contributed by atoms with Crippen LogP contribution in [0.1, 0.15) is 15.9 Å². The van der Waals surface area contributed by atoms with Gasteiger partial charge < -0.3 is 19.9 Å². The van der Waals surface area contributed by atoms with Crippen molar-refractivity contribution in [3.05, 3.63) is 52.0 Å². The average molecular weight is 394 g/mol. The molecule has 0 aliphatic rings. The number of anilines is 1. The smallest absolute Gasteiger partial charge is 0.342 e. The largest absolute Gasteiger partial charge is 0.507 e. The maximum absolute atomic E-state index is 11.9. The summed E-state index contributed by atoms with van der Waals surface area (Å²) in [4.78, 5) is 23.8. The Morgan fingerprint density at radius 2 is 1.96 bits per heavy atom. The molecule has 0 spiro atoms. The van der Waals surface area contributed by atoms with Gasteiger partial charge in [0.25, 0.3) is 5.91 Å². The molecule has 0 bridgehead atoms. The van der Waals surface area contributed by atoms with Gasteiger partial charge in [-0.15, -0.1) is 0 Å². The molecule has 7 heteroatoms. The SMILES string of the molecule is COc1ccc(C(=O)OCC(=O)Nc2ccc(C)c(Br)c2)c(O)c1. The summed E-state index contributed by atoms with van der Waals surface area (Å²) in [5.74, 6) is -1.14. The molecule has 126 valence electrons. The van der Waals surface area contributed by atoms with E-state index in [0.29, 0.717) is 11.4 Å². The molecular formula is C17H16BrNO5. The number of esters is 1. The molecule has 24 heavy (non-hydrogen) atoms. The highest BCUT2D eigenvalue weighted by Gasteiger charge is 2.15. The lowest BCUT2D eigenvalue weighted by atomic mass is 10.2. The molecule has 2 aromatic rings. The van der Waals surface area contributed by atoms with Crippen LogP contribution in [0, 0.1) is 6.92 Å². The normalized spacial score (nSPS) is 10.1. The fraction of sp³-hybridized carbons (Fsp3) is 0.176. The fourth-order valence-corrected chi connectivity index (χ4v) is 2.27. The van der Waals surface area contributed by atoms with Crippen molar-refractivity contribution in [2.24, 2.45) is 0 Å². The van der Waals surface area contributed by atoms with Crippen molar-refractivity contribution >= 4 is 33.5 Å². The lowest BCUT2D eigenvalue weighted by Gasteiger charge is -2.09. The lowest BCUT2D eigenvalue weighted by molar-refractivity contribution is -0.119. The molecule has 0 aliphatic heterocycles. The number of aromatic hydroxyl groups is 1. The number of methoxy groups -OCH3 is 1. The third kappa shape index (κ3) is 4.48. The summed E-state index contributed by atoms with van der Waals surface area (Å²) in [5.41, 5.74) is 1.58. The molecule has 0 saturated heterocycles. The lowest BCUT2D eigenvalue weighted by Crippen LogP contribution is -2.21. The second kappa shape index (κ2) is 7.83. The fourth-order valence-electron chi connectivity index (χ4n) is 1.89. The first kappa shape index (κ1) is 17.8. The summed E-state index contributed by atoms with van der Waals surface area (Å²) in [7, 11) is 1.44. The van der Waals surface area contributed by atoms with Crippen LogP contribution in [-0.4, -0.2) is 30.7 Å². The van der Waals surface area contributed by atoms with Crippen LogP contribution in [0.15, 0.2) is 40.9 Å². The second-order valence-corrected chi connectivity index (χ2v) is 5.83. The predicted molar refractivity (Wildman–Crippen MR) is 92.5 cm³/mol. The van der Waals surface area contributed by atoms with E-state index in [1.165, 1.54) is 25.3 Å². The molecule has 1 amide bonds. The molecule has 0 atom stereocenters. The minimum atomic E-state index is -0.796. The highest BCUT2D eigenvalue weighted by molar-refractivity contribution is 9.10. The van der Waals surface area contributed by atoms with Crippen molar-refractivity contribution in [2.75, 3.05) is 19.0 Å². The van der Waals surface area contributed by atoms with E-state index in [1.54, 1.807) is 12.1 Å². The quantitative estimate of drug-likeness (QED) is 0.761. The number of ether oxygens (including phenoxy) is 2. The summed E-state index contributed by atoms with van der Waals surface area (Å²) >= 11 is 3.37. The van der Waals surface area contributed by atoms with Gasteiger partial charge in [0.05, 0.1) is 7.11 Å². The monoisotopic (exact) mass is 393 g/mol. The zero-order valence-corrected chi connectivity index (χ0v) is 14.7. The molecule has 0 fully saturated rings. The second-order valence-electron chi connectivity index (χ2n) is 4.97. The number of carbonyl (C=O) groups is 2. The summed E-state index contributed by atoms with van der Waals surface area (Å²) in [5, 5.41) is 12.4. The van der Waals surface area contributed by atoms with Crippen molar-refractivity contribution in [2.45, 2.75) is 6.92 Å². The number of benzene rings is 2. The van der Waals surface area contributed by atoms with E-state index in [2.05, 4.69) is 21.2 Å². The number of phenolic OH excluding ortho intramolecular Hbond substituents is 1. The molecule has 2 rings (SSSR count). The van der Waals surface area contributed by atoms with Gasteiger partial charge in [-0.05, 0) is 36.8 Å². The van der Waals surface area contributed by atoms with Gasteiger partial charge in [-0.3, -0.25) is 4.79 Å². The first-order valence-corrected chi connectivity index (χ1v) is 7.80. The number of hydrogen-bond acceptors (Lipinski definition) is 5. The van der Waals surface area contributed by atoms with Gasteiger partial charge in [0.2, 0.25) is 0 Å². The number of halogens is 1. The molecule has 0 unspecified atom stereocenters. The molecule has 0 heterocycles. The van der Waals surface area contributed by atoms with Crippen molar-refractivity contribution in [3.63, 3.8) is 0 Å². The molecule has 2 N–H and O–H groups in total. The highest BCUT2D eigenvalue weighted by atomic mass is 79.9. The van der Waals surface area contributed by atoms with Crippen LogP contribution in [-0.2, 0) is 9.53 Å². The van der Waals surface area contributed by atoms with Crippen molar-refractivity contribution < 1.29 is 24.2 Å². The maximum atomic E-state index is 11.9. The first-order valence-electron chi connectivity index (χ1n) is 7.01. The molecule has 0 saturated carbocycles. The molecule has 0 radical (unpaired) electrons. The Bertz CT molecular complexity index is 776. The van der Waals surface area contributed by atoms with Gasteiger partial charge in [0, 0.05) is 16.2 Å². The van der Waals surface area contributed by atoms with Crippen LogP contribution in [0.2, 0.25) is 0 Å². The Morgan fingerprint density at radius 3 is 2.58 bits per heavy atom. The van der Waals surface area contributed by atoms with Crippen LogP contribution in [0.5, 0.6) is 11.5 Å². The Morgan fingerprint density at radius 1 is 1.21 bits per heavy atom. The minimum absolute atomic E-state index is 0.0401. The van der Waals surface area contributed by atoms with Gasteiger partial charge in [0.1, 0.15) is 17.1 Å². The topological polar surface area (TPSA) is 84.9 Å². The zero-order valence-electron chi connectivity index (χ0n) is 13.1. The number of rotatable bonds is 5. The van der Waals surface area contributed by atoms with Gasteiger partial charge in [-0.1, -0.05) is 22.0 Å². The molecule has 0 aromatic heterocycles. The number of amides is 1. The molecule has 2 aromatic carbocycles. The Balaban J connectivity index is 1.93. The number of nitrogens with one attached hydrogen (secondary N) is 1. The van der Waals surface area contributed by atoms with Gasteiger partial charge in [-0.2, -0.15) is 0 Å². The van der Waals surface area contributed by atoms with Crippen molar-refractivity contribution in [1.29, 1.82) is 0 Å². The van der Waals surface area contributed by atoms with Crippen molar-refractivity contribution in [1.82, 2.24) is 0 Å². The van der Waals surface area contributed by atoms with E-state index in [4.69, 9.17) is 9.47 Å². The number of carbonyl (C=O) groups excluding carboxylic acids is 2. The van der Waals surface area contributed by atoms with Crippen LogP contribution in [0.3, 0.4) is 0 Å². The third-order valence-electron chi connectivity index (χ3n) is 3.21. The standard InChI is InChI=1S/C17H16BrNO5/c1-10-3-4-11(7-14(10)18)19-16(21)9-24-17(22)13-6-5-12(23-2)8-15(13)20/h3-8,20H,9H2,1-2H3,(H,19,21). The van der Waals surface area contributed by atoms with E-state index in [1.807, 2.05) is 13.0 Å². The molecule has 0 aliphatic carbocycles. The number of phenols is 1. The number of hydrogen-bond donors (Lipinski definition) is 2. The van der Waals surface area contributed by atoms with E-state index in [0.717, 1.165) is 10.0 Å². The molecule has 6 nitrogen and oxygen atoms in total. The Labute approximate surface area is 147 Å². The van der Waals surface area contributed by atoms with E-state index in [9.17, 15) is 14.7 Å². The molecular weight excluding hydrogens is 378 g/mol. The van der Waals surface area contributed by atoms with E-state index >= 15 is 0 Å². The van der Waals surface area contributed by atoms with Crippen LogP contribution < -0.4 is 10.1 Å². The first-order chi connectivity index (χ1) is 11.4. The summed E-state index contributed by atoms with van der Waals surface area (Å²) in [6.07, 6.45) is 0. The van der Waals surface area contributed by atoms with Crippen LogP contribution in [0.25, 0.3) is 0 Å². The maximum Gasteiger partial charge on any atom is 0.342 e. The van der Waals surface area contributed by atoms with Crippen molar-refractivity contribution in [3.8, 4) is 11.5 Å². The Kier molecular flexibility index (Phi) is 5.81. The Hall–Kier alpha value is -2.54. The van der Waals surface area contributed by atoms with Crippen LogP contribution in [0.4, 0.5) is 5.69 Å². The minimum Gasteiger partial charge on any atom is -0.507 e. The zero-order chi connectivity index (χ0) is 17.7. The predicted octanol–water partition coefficient (Wildman–Crippen LogP) is 3.27. The van der Waals surface area contributed by atoms with Gasteiger partial charge >= 0.3 is 5.97 Å². The van der Waals surface area contributed by atoms with Gasteiger partial charge in [0.15, 0.2) is 6.61 Å². The number of aryl methyl sites for hydroxylation is 1. The van der Waals surface area contributed by atoms with Crippen LogP contribution >= 0.6 is 15.9 Å². The summed E-state index contributed by atoms with van der Waals surface area (Å²) in [6, 6.07) is 9.52. The third-order valence-corrected chi connectivity index (χ3v) is 4.07.